The fourth-order valence-electron chi connectivity index (χ4n) is 1.83. The van der Waals surface area contributed by atoms with Crippen LogP contribution in [-0.2, 0) is 17.0 Å². The van der Waals surface area contributed by atoms with E-state index in [1.54, 1.807) is 13.0 Å². The van der Waals surface area contributed by atoms with Crippen molar-refractivity contribution in [3.8, 4) is 0 Å². The van der Waals surface area contributed by atoms with Crippen LogP contribution in [0.2, 0.25) is 0 Å². The zero-order valence-corrected chi connectivity index (χ0v) is 12.9. The molecule has 2 N–H and O–H groups in total. The number of esters is 1. The van der Waals surface area contributed by atoms with Crippen molar-refractivity contribution in [3.63, 3.8) is 0 Å². The maximum absolute atomic E-state index is 11.8. The van der Waals surface area contributed by atoms with Gasteiger partial charge in [-0.2, -0.15) is 0 Å². The van der Waals surface area contributed by atoms with Crippen LogP contribution in [-0.4, -0.2) is 33.9 Å². The summed E-state index contributed by atoms with van der Waals surface area (Å²) in [6, 6.07) is 1.61. The van der Waals surface area contributed by atoms with Crippen LogP contribution in [0.4, 0.5) is 0 Å². The summed E-state index contributed by atoms with van der Waals surface area (Å²) >= 11 is 1.45. The van der Waals surface area contributed by atoms with Crippen LogP contribution >= 0.6 is 11.8 Å². The third-order valence-electron chi connectivity index (χ3n) is 2.83. The van der Waals surface area contributed by atoms with Gasteiger partial charge in [0.15, 0.2) is 5.16 Å². The Balaban J connectivity index is 2.07. The fourth-order valence-corrected chi connectivity index (χ4v) is 2.79. The van der Waals surface area contributed by atoms with E-state index in [1.165, 1.54) is 18.0 Å². The summed E-state index contributed by atoms with van der Waals surface area (Å²) in [6.45, 7) is 5.15. The lowest BCUT2D eigenvalue weighted by Crippen LogP contribution is -2.12. The minimum absolute atomic E-state index is 0.334. The molecule has 0 radical (unpaired) electrons. The Bertz CT molecular complexity index is 608. The molecule has 0 fully saturated rings. The number of hydrogen-bond donors (Lipinski definition) is 1. The minimum Gasteiger partial charge on any atom is -0.468 e. The van der Waals surface area contributed by atoms with Gasteiger partial charge in [-0.25, -0.2) is 4.79 Å². The highest BCUT2D eigenvalue weighted by Crippen LogP contribution is 2.24. The SMILES string of the molecule is CCOC(=O)c1ccoc1CSc1nnc(C)n1CCN. The van der Waals surface area contributed by atoms with Crippen LogP contribution in [0.25, 0.3) is 0 Å². The molecule has 8 heteroatoms. The van der Waals surface area contributed by atoms with Crippen molar-refractivity contribution in [2.45, 2.75) is 31.3 Å². The van der Waals surface area contributed by atoms with Gasteiger partial charge < -0.3 is 19.5 Å². The third-order valence-corrected chi connectivity index (χ3v) is 3.79. The van der Waals surface area contributed by atoms with Crippen molar-refractivity contribution in [2.24, 2.45) is 5.73 Å². The number of nitrogens with zero attached hydrogens (tertiary/aromatic N) is 3. The molecule has 21 heavy (non-hydrogen) atoms. The van der Waals surface area contributed by atoms with E-state index in [0.29, 0.717) is 36.8 Å². The monoisotopic (exact) mass is 310 g/mol. The highest BCUT2D eigenvalue weighted by Gasteiger charge is 2.17. The lowest BCUT2D eigenvalue weighted by atomic mass is 10.3. The summed E-state index contributed by atoms with van der Waals surface area (Å²) in [5.74, 6) is 1.48. The second kappa shape index (κ2) is 7.28. The smallest absolute Gasteiger partial charge is 0.341 e. The molecule has 0 amide bonds. The molecule has 0 saturated heterocycles. The average Bonchev–Trinajstić information content (AvgIpc) is 3.06. The average molecular weight is 310 g/mol. The van der Waals surface area contributed by atoms with Crippen molar-refractivity contribution in [1.82, 2.24) is 14.8 Å². The Morgan fingerprint density at radius 2 is 2.33 bits per heavy atom. The number of nitrogens with two attached hydrogens (primary N) is 1. The predicted molar refractivity (Wildman–Crippen MR) is 78.0 cm³/mol. The van der Waals surface area contributed by atoms with Crippen LogP contribution in [0.5, 0.6) is 0 Å². The van der Waals surface area contributed by atoms with Gasteiger partial charge in [0, 0.05) is 13.1 Å². The van der Waals surface area contributed by atoms with Gasteiger partial charge in [-0.3, -0.25) is 0 Å². The molecule has 0 atom stereocenters. The number of aromatic nitrogens is 3. The zero-order chi connectivity index (χ0) is 15.2. The van der Waals surface area contributed by atoms with E-state index in [9.17, 15) is 4.79 Å². The fraction of sp³-hybridized carbons (Fsp3) is 0.462. The number of ether oxygens (including phenoxy) is 1. The molecule has 114 valence electrons. The van der Waals surface area contributed by atoms with E-state index in [-0.39, 0.29) is 5.97 Å². The van der Waals surface area contributed by atoms with Gasteiger partial charge in [0.2, 0.25) is 0 Å². The lowest BCUT2D eigenvalue weighted by Gasteiger charge is -2.06. The molecule has 0 saturated carbocycles. The molecular formula is C13H18N4O3S. The molecule has 2 aromatic rings. The molecule has 0 aromatic carbocycles. The lowest BCUT2D eigenvalue weighted by molar-refractivity contribution is 0.0524. The molecule has 0 aliphatic carbocycles. The first-order valence-corrected chi connectivity index (χ1v) is 7.62. The van der Waals surface area contributed by atoms with Crippen LogP contribution in [0.1, 0.15) is 28.9 Å². The van der Waals surface area contributed by atoms with Gasteiger partial charge in [-0.1, -0.05) is 11.8 Å². The Labute approximate surface area is 126 Å². The van der Waals surface area contributed by atoms with E-state index in [2.05, 4.69) is 10.2 Å². The van der Waals surface area contributed by atoms with Gasteiger partial charge in [0.05, 0.1) is 18.6 Å². The van der Waals surface area contributed by atoms with Gasteiger partial charge in [0.1, 0.15) is 17.1 Å². The predicted octanol–water partition coefficient (Wildman–Crippen LogP) is 1.61. The summed E-state index contributed by atoms with van der Waals surface area (Å²) in [7, 11) is 0. The number of hydrogen-bond acceptors (Lipinski definition) is 7. The van der Waals surface area contributed by atoms with Crippen molar-refractivity contribution < 1.29 is 13.9 Å². The van der Waals surface area contributed by atoms with Gasteiger partial charge >= 0.3 is 5.97 Å². The van der Waals surface area contributed by atoms with Crippen molar-refractivity contribution >= 4 is 17.7 Å². The first kappa shape index (κ1) is 15.6. The molecule has 2 aromatic heterocycles. The van der Waals surface area contributed by atoms with Gasteiger partial charge in [0.25, 0.3) is 0 Å². The molecule has 0 aliphatic rings. The summed E-state index contributed by atoms with van der Waals surface area (Å²) in [4.78, 5) is 11.8. The highest BCUT2D eigenvalue weighted by atomic mass is 32.2. The molecule has 0 spiro atoms. The van der Waals surface area contributed by atoms with Crippen molar-refractivity contribution in [1.29, 1.82) is 0 Å². The molecule has 2 heterocycles. The Hall–Kier alpha value is -1.80. The maximum atomic E-state index is 11.8. The first-order chi connectivity index (χ1) is 10.2. The van der Waals surface area contributed by atoms with Gasteiger partial charge in [-0.05, 0) is 19.9 Å². The summed E-state index contributed by atoms with van der Waals surface area (Å²) in [5.41, 5.74) is 6.03. The quantitative estimate of drug-likeness (QED) is 0.613. The molecular weight excluding hydrogens is 292 g/mol. The number of thioether (sulfide) groups is 1. The minimum atomic E-state index is -0.374. The Kier molecular flexibility index (Phi) is 5.40. The second-order valence-electron chi connectivity index (χ2n) is 4.24. The topological polar surface area (TPSA) is 96.2 Å². The normalized spacial score (nSPS) is 10.8. The van der Waals surface area contributed by atoms with Crippen LogP contribution in [0, 0.1) is 6.92 Å². The zero-order valence-electron chi connectivity index (χ0n) is 12.0. The number of carbonyl (C=O) groups excluding carboxylic acids is 1. The first-order valence-electron chi connectivity index (χ1n) is 6.63. The van der Waals surface area contributed by atoms with Crippen LogP contribution in [0.3, 0.4) is 0 Å². The Morgan fingerprint density at radius 3 is 3.05 bits per heavy atom. The van der Waals surface area contributed by atoms with Crippen molar-refractivity contribution in [3.05, 3.63) is 29.5 Å². The molecule has 7 nitrogen and oxygen atoms in total. The van der Waals surface area contributed by atoms with Crippen LogP contribution < -0.4 is 5.73 Å². The standard InChI is InChI=1S/C13H18N4O3S/c1-3-19-12(18)10-4-7-20-11(10)8-21-13-16-15-9(2)17(13)6-5-14/h4,7H,3,5-6,8,14H2,1-2H3. The van der Waals surface area contributed by atoms with E-state index in [1.807, 2.05) is 11.5 Å². The van der Waals surface area contributed by atoms with Gasteiger partial charge in [-0.15, -0.1) is 10.2 Å². The molecule has 0 unspecified atom stereocenters. The largest absolute Gasteiger partial charge is 0.468 e. The Morgan fingerprint density at radius 1 is 1.52 bits per heavy atom. The number of aryl methyl sites for hydroxylation is 1. The third kappa shape index (κ3) is 3.64. The molecule has 2 rings (SSSR count). The summed E-state index contributed by atoms with van der Waals surface area (Å²) in [5, 5.41) is 8.90. The number of furan rings is 1. The van der Waals surface area contributed by atoms with E-state index in [4.69, 9.17) is 14.9 Å². The van der Waals surface area contributed by atoms with Crippen molar-refractivity contribution in [2.75, 3.05) is 13.2 Å². The van der Waals surface area contributed by atoms with E-state index >= 15 is 0 Å². The highest BCUT2D eigenvalue weighted by molar-refractivity contribution is 7.98. The number of rotatable bonds is 7. The molecule has 0 bridgehead atoms. The summed E-state index contributed by atoms with van der Waals surface area (Å²) in [6.07, 6.45) is 1.48. The number of carbonyl (C=O) groups is 1. The summed E-state index contributed by atoms with van der Waals surface area (Å²) < 4.78 is 12.3. The molecule has 0 aliphatic heterocycles. The maximum Gasteiger partial charge on any atom is 0.341 e. The second-order valence-corrected chi connectivity index (χ2v) is 5.18. The van der Waals surface area contributed by atoms with E-state index < -0.39 is 0 Å². The van der Waals surface area contributed by atoms with E-state index in [0.717, 1.165) is 11.0 Å². The van der Waals surface area contributed by atoms with Crippen LogP contribution in [0.15, 0.2) is 21.9 Å².